The molecule has 0 aromatic carbocycles. The number of rotatable bonds is 4. The molecule has 0 bridgehead atoms. The number of piperidine rings is 1. The molecule has 0 radical (unpaired) electrons. The average Bonchev–Trinajstić information content (AvgIpc) is 3.13. The highest BCUT2D eigenvalue weighted by Gasteiger charge is 2.55. The minimum atomic E-state index is -4.56. The van der Waals surface area contributed by atoms with Crippen LogP contribution in [0.2, 0.25) is 0 Å². The molecule has 4 aliphatic rings. The van der Waals surface area contributed by atoms with E-state index in [1.807, 2.05) is 0 Å². The first-order chi connectivity index (χ1) is 16.3. The number of likely N-dealkylation sites (tertiary alicyclic amines) is 1. The maximum atomic E-state index is 13.2. The summed E-state index contributed by atoms with van der Waals surface area (Å²) in [6.07, 6.45) is 4.48. The summed E-state index contributed by atoms with van der Waals surface area (Å²) in [5.41, 5.74) is 0.722. The molecule has 4 fully saturated rings. The van der Waals surface area contributed by atoms with Crippen LogP contribution in [0.15, 0.2) is 35.5 Å². The Morgan fingerprint density at radius 2 is 1.83 bits per heavy atom. The lowest BCUT2D eigenvalue weighted by Gasteiger charge is -2.46. The van der Waals surface area contributed by atoms with Crippen molar-refractivity contribution in [1.29, 1.82) is 0 Å². The van der Waals surface area contributed by atoms with E-state index in [9.17, 15) is 28.5 Å². The third kappa shape index (κ3) is 5.29. The number of aliphatic hydroxyl groups is 3. The lowest BCUT2D eigenvalue weighted by atomic mass is 9.61. The molecule has 35 heavy (non-hydrogen) atoms. The molecule has 7 heteroatoms. The first kappa shape index (κ1) is 26.9. The fraction of sp³-hybridized carbons (Fsp3) is 0.786. The van der Waals surface area contributed by atoms with E-state index < -0.39 is 24.0 Å². The second-order valence-corrected chi connectivity index (χ2v) is 12.0. The predicted octanol–water partition coefficient (Wildman–Crippen LogP) is 5.15. The summed E-state index contributed by atoms with van der Waals surface area (Å²) in [7, 11) is 0. The van der Waals surface area contributed by atoms with Crippen LogP contribution in [-0.4, -0.2) is 63.8 Å². The van der Waals surface area contributed by atoms with Gasteiger partial charge in [0.1, 0.15) is 0 Å². The monoisotopic (exact) mass is 497 g/mol. The SMILES string of the molecule is C=C1/C(=C\C=C2/CCC[C@]3(C)[C@@H]([C@@H](C)CN4CCC(O)(C(F)(F)F)CC4)CC[C@@H]23)CC(O)CC1O. The second-order valence-electron chi connectivity index (χ2n) is 12.0. The van der Waals surface area contributed by atoms with Gasteiger partial charge in [-0.15, -0.1) is 0 Å². The van der Waals surface area contributed by atoms with Crippen molar-refractivity contribution in [3.05, 3.63) is 35.5 Å². The summed E-state index contributed by atoms with van der Waals surface area (Å²) in [5.74, 6) is 1.38. The van der Waals surface area contributed by atoms with Crippen LogP contribution in [0.4, 0.5) is 13.2 Å². The highest BCUT2D eigenvalue weighted by atomic mass is 19.4. The van der Waals surface area contributed by atoms with Gasteiger partial charge in [0.2, 0.25) is 0 Å². The topological polar surface area (TPSA) is 63.9 Å². The van der Waals surface area contributed by atoms with Crippen molar-refractivity contribution in [2.75, 3.05) is 19.6 Å². The molecule has 1 heterocycles. The average molecular weight is 498 g/mol. The van der Waals surface area contributed by atoms with E-state index in [2.05, 4.69) is 37.5 Å². The van der Waals surface area contributed by atoms with Gasteiger partial charge in [0, 0.05) is 26.1 Å². The molecule has 1 saturated heterocycles. The van der Waals surface area contributed by atoms with Gasteiger partial charge in [0.05, 0.1) is 12.2 Å². The zero-order valence-corrected chi connectivity index (χ0v) is 21.2. The van der Waals surface area contributed by atoms with Crippen molar-refractivity contribution in [2.45, 2.75) is 95.6 Å². The standard InChI is InChI=1S/C28H42F3NO3/c1-18(17-32-13-11-27(35,12-14-32)28(29,30)31)23-8-9-24-20(5-4-10-26(23,24)3)6-7-21-15-22(33)16-25(34)19(21)2/h6-7,18,22-25,33-35H,2,4-5,8-17H2,1,3H3/b20-6+,21-7-/t18-,22?,23+,24-,25?,26+/m0/s1. The Morgan fingerprint density at radius 1 is 1.14 bits per heavy atom. The summed E-state index contributed by atoms with van der Waals surface area (Å²) in [4.78, 5) is 2.11. The van der Waals surface area contributed by atoms with E-state index >= 15 is 0 Å². The van der Waals surface area contributed by atoms with E-state index in [1.165, 1.54) is 12.0 Å². The zero-order chi connectivity index (χ0) is 25.6. The Hall–Kier alpha value is -1.15. The molecule has 4 rings (SSSR count). The van der Waals surface area contributed by atoms with Crippen LogP contribution in [0, 0.1) is 23.2 Å². The van der Waals surface area contributed by atoms with Crippen LogP contribution in [0.3, 0.4) is 0 Å². The number of allylic oxidation sites excluding steroid dienone is 3. The van der Waals surface area contributed by atoms with Gasteiger partial charge in [-0.25, -0.2) is 0 Å². The Labute approximate surface area is 207 Å². The van der Waals surface area contributed by atoms with Crippen LogP contribution < -0.4 is 0 Å². The second kappa shape index (κ2) is 9.96. The summed E-state index contributed by atoms with van der Waals surface area (Å²) in [6, 6.07) is 0. The third-order valence-electron chi connectivity index (χ3n) is 9.75. The Kier molecular flexibility index (Phi) is 7.65. The van der Waals surface area contributed by atoms with Crippen molar-refractivity contribution in [3.8, 4) is 0 Å². The number of hydrogen-bond acceptors (Lipinski definition) is 4. The molecular weight excluding hydrogens is 455 g/mol. The van der Waals surface area contributed by atoms with Gasteiger partial charge in [-0.1, -0.05) is 38.2 Å². The molecule has 6 atom stereocenters. The number of aliphatic hydroxyl groups excluding tert-OH is 2. The van der Waals surface area contributed by atoms with Gasteiger partial charge in [0.15, 0.2) is 5.60 Å². The maximum absolute atomic E-state index is 13.2. The summed E-state index contributed by atoms with van der Waals surface area (Å²) >= 11 is 0. The van der Waals surface area contributed by atoms with Crippen LogP contribution in [0.5, 0.6) is 0 Å². The van der Waals surface area contributed by atoms with Crippen molar-refractivity contribution in [1.82, 2.24) is 4.90 Å². The zero-order valence-electron chi connectivity index (χ0n) is 21.2. The summed E-state index contributed by atoms with van der Waals surface area (Å²) in [6.45, 7) is 10.0. The maximum Gasteiger partial charge on any atom is 0.417 e. The molecule has 3 saturated carbocycles. The first-order valence-electron chi connectivity index (χ1n) is 13.3. The Bertz CT molecular complexity index is 858. The van der Waals surface area contributed by atoms with Gasteiger partial charge < -0.3 is 20.2 Å². The molecule has 198 valence electrons. The fourth-order valence-corrected chi connectivity index (χ4v) is 7.60. The van der Waals surface area contributed by atoms with Crippen LogP contribution in [0.1, 0.15) is 71.6 Å². The number of alkyl halides is 3. The van der Waals surface area contributed by atoms with Crippen molar-refractivity contribution in [2.24, 2.45) is 23.2 Å². The largest absolute Gasteiger partial charge is 0.417 e. The number of hydrogen-bond donors (Lipinski definition) is 3. The van der Waals surface area contributed by atoms with Crippen molar-refractivity contribution >= 4 is 0 Å². The molecular formula is C28H42F3NO3. The molecule has 3 aliphatic carbocycles. The minimum absolute atomic E-state index is 0.174. The summed E-state index contributed by atoms with van der Waals surface area (Å²) in [5, 5.41) is 30.2. The molecule has 3 N–H and O–H groups in total. The van der Waals surface area contributed by atoms with Crippen molar-refractivity contribution in [3.63, 3.8) is 0 Å². The van der Waals surface area contributed by atoms with Gasteiger partial charge >= 0.3 is 6.18 Å². The quantitative estimate of drug-likeness (QED) is 0.503. The van der Waals surface area contributed by atoms with Gasteiger partial charge in [-0.2, -0.15) is 13.2 Å². The minimum Gasteiger partial charge on any atom is -0.393 e. The van der Waals surface area contributed by atoms with E-state index in [4.69, 9.17) is 0 Å². The Morgan fingerprint density at radius 3 is 2.49 bits per heavy atom. The van der Waals surface area contributed by atoms with Crippen LogP contribution in [-0.2, 0) is 0 Å². The van der Waals surface area contributed by atoms with E-state index in [1.54, 1.807) is 0 Å². The molecule has 4 nitrogen and oxygen atoms in total. The van der Waals surface area contributed by atoms with E-state index in [-0.39, 0.29) is 31.3 Å². The van der Waals surface area contributed by atoms with Gasteiger partial charge in [0.25, 0.3) is 0 Å². The van der Waals surface area contributed by atoms with E-state index in [0.29, 0.717) is 36.2 Å². The molecule has 0 amide bonds. The third-order valence-corrected chi connectivity index (χ3v) is 9.75. The van der Waals surface area contributed by atoms with Crippen LogP contribution >= 0.6 is 0 Å². The first-order valence-corrected chi connectivity index (χ1v) is 13.3. The molecule has 0 aromatic rings. The number of halogens is 3. The molecule has 0 spiro atoms. The Balaban J connectivity index is 1.41. The molecule has 1 aliphatic heterocycles. The number of fused-ring (bicyclic) bond motifs is 1. The van der Waals surface area contributed by atoms with Gasteiger partial charge in [-0.05, 0) is 85.7 Å². The summed E-state index contributed by atoms with van der Waals surface area (Å²) < 4.78 is 39.5. The van der Waals surface area contributed by atoms with Gasteiger partial charge in [-0.3, -0.25) is 0 Å². The van der Waals surface area contributed by atoms with E-state index in [0.717, 1.165) is 37.8 Å². The lowest BCUT2D eigenvalue weighted by Crippen LogP contribution is -2.54. The predicted molar refractivity (Wildman–Crippen MR) is 131 cm³/mol. The smallest absolute Gasteiger partial charge is 0.393 e. The van der Waals surface area contributed by atoms with Crippen molar-refractivity contribution < 1.29 is 28.5 Å². The normalized spacial score (nSPS) is 39.7. The van der Waals surface area contributed by atoms with Crippen LogP contribution in [0.25, 0.3) is 0 Å². The highest BCUT2D eigenvalue weighted by Crippen LogP contribution is 2.59. The lowest BCUT2D eigenvalue weighted by molar-refractivity contribution is -0.272. The highest BCUT2D eigenvalue weighted by molar-refractivity contribution is 5.38. The molecule has 2 unspecified atom stereocenters. The molecule has 0 aromatic heterocycles. The number of nitrogens with zero attached hydrogens (tertiary/aromatic N) is 1. The fourth-order valence-electron chi connectivity index (χ4n) is 7.60.